The number of ether oxygens (including phenoxy) is 1. The van der Waals surface area contributed by atoms with Crippen molar-refractivity contribution < 1.29 is 101 Å². The number of carbonyl (C=O) groups is 1. The van der Waals surface area contributed by atoms with Gasteiger partial charge in [-0.05, 0) is 5.76 Å². The fourth-order valence-electron chi connectivity index (χ4n) is 0.978. The molecule has 0 aromatic rings. The van der Waals surface area contributed by atoms with Crippen LogP contribution < -0.4 is 64.2 Å². The Morgan fingerprint density at radius 3 is 2.33 bits per heavy atom. The summed E-state index contributed by atoms with van der Waals surface area (Å²) in [6.07, 6.45) is -3.49. The molecule has 0 aliphatic carbocycles. The molecule has 0 spiro atoms. The molecule has 2 atom stereocenters. The van der Waals surface area contributed by atoms with Crippen molar-refractivity contribution in [2.45, 2.75) is 12.2 Å². The van der Waals surface area contributed by atoms with Gasteiger partial charge in [-0.25, -0.2) is 13.2 Å². The SMILES string of the molecule is O=C1O[C@H](C(O)CO)C([O-])=C1OS(=O)(=O)[O-].[Na+].[Na+]. The van der Waals surface area contributed by atoms with E-state index in [1.54, 1.807) is 0 Å². The van der Waals surface area contributed by atoms with Gasteiger partial charge in [0, 0.05) is 0 Å². The molecule has 0 fully saturated rings. The summed E-state index contributed by atoms with van der Waals surface area (Å²) < 4.78 is 38.2. The molecule has 0 aromatic carbocycles. The zero-order chi connectivity index (χ0) is 12.5. The summed E-state index contributed by atoms with van der Waals surface area (Å²) >= 11 is 0. The van der Waals surface area contributed by atoms with Gasteiger partial charge < -0.3 is 28.8 Å². The number of hydrogen-bond donors (Lipinski definition) is 2. The number of cyclic esters (lactones) is 1. The van der Waals surface area contributed by atoms with Crippen molar-refractivity contribution in [1.82, 2.24) is 0 Å². The number of rotatable bonds is 4. The van der Waals surface area contributed by atoms with Gasteiger partial charge in [-0.15, -0.1) is 0 Å². The summed E-state index contributed by atoms with van der Waals surface area (Å²) in [5.41, 5.74) is 0. The van der Waals surface area contributed by atoms with Gasteiger partial charge in [0.1, 0.15) is 12.2 Å². The average Bonchev–Trinajstić information content (AvgIpc) is 2.42. The van der Waals surface area contributed by atoms with Crippen molar-refractivity contribution in [1.29, 1.82) is 0 Å². The first-order chi connectivity index (χ1) is 7.26. The van der Waals surface area contributed by atoms with E-state index in [0.29, 0.717) is 0 Å². The van der Waals surface area contributed by atoms with E-state index in [4.69, 9.17) is 10.2 Å². The Morgan fingerprint density at radius 1 is 1.44 bits per heavy atom. The van der Waals surface area contributed by atoms with Crippen molar-refractivity contribution in [3.8, 4) is 0 Å². The molecule has 0 amide bonds. The van der Waals surface area contributed by atoms with Crippen LogP contribution in [0.2, 0.25) is 0 Å². The number of hydrogen-bond acceptors (Lipinski definition) is 9. The van der Waals surface area contributed by atoms with Gasteiger partial charge in [-0.3, -0.25) is 0 Å². The minimum absolute atomic E-state index is 0. The molecule has 1 aliphatic heterocycles. The third-order valence-corrected chi connectivity index (χ3v) is 1.99. The van der Waals surface area contributed by atoms with Crippen LogP contribution in [0.5, 0.6) is 0 Å². The first kappa shape index (κ1) is 20.9. The monoisotopic (exact) mass is 300 g/mol. The number of aliphatic hydroxyl groups is 2. The molecule has 1 aliphatic rings. The normalized spacial score (nSPS) is 20.6. The van der Waals surface area contributed by atoms with Crippen LogP contribution in [0, 0.1) is 0 Å². The third kappa shape index (κ3) is 5.33. The minimum atomic E-state index is -5.28. The molecule has 1 heterocycles. The van der Waals surface area contributed by atoms with E-state index in [1.807, 2.05) is 0 Å². The van der Waals surface area contributed by atoms with Crippen LogP contribution in [0.15, 0.2) is 11.5 Å². The van der Waals surface area contributed by atoms with Crippen LogP contribution in [0.1, 0.15) is 0 Å². The Bertz CT molecular complexity index is 430. The number of carbonyl (C=O) groups excluding carboxylic acids is 1. The van der Waals surface area contributed by atoms with Crippen LogP contribution in [0.25, 0.3) is 0 Å². The maximum atomic E-state index is 11.2. The Balaban J connectivity index is 0. The van der Waals surface area contributed by atoms with Crippen LogP contribution in [0.3, 0.4) is 0 Å². The van der Waals surface area contributed by atoms with Crippen molar-refractivity contribution in [2.24, 2.45) is 0 Å². The van der Waals surface area contributed by atoms with Gasteiger partial charge in [0.15, 0.2) is 0 Å². The fourth-order valence-corrected chi connectivity index (χ4v) is 1.33. The molecule has 1 unspecified atom stereocenters. The molecule has 9 nitrogen and oxygen atoms in total. The van der Waals surface area contributed by atoms with Crippen molar-refractivity contribution in [3.63, 3.8) is 0 Å². The van der Waals surface area contributed by atoms with Gasteiger partial charge in [-0.1, -0.05) is 0 Å². The van der Waals surface area contributed by atoms with E-state index >= 15 is 0 Å². The summed E-state index contributed by atoms with van der Waals surface area (Å²) in [6, 6.07) is 0. The first-order valence-corrected chi connectivity index (χ1v) is 5.16. The van der Waals surface area contributed by atoms with Crippen molar-refractivity contribution in [3.05, 3.63) is 11.5 Å². The summed E-state index contributed by atoms with van der Waals surface area (Å²) in [6.45, 7) is -0.888. The molecule has 0 saturated heterocycles. The predicted molar refractivity (Wildman–Crippen MR) is 40.8 cm³/mol. The van der Waals surface area contributed by atoms with Crippen LogP contribution in [-0.2, 0) is 24.1 Å². The van der Waals surface area contributed by atoms with Crippen LogP contribution >= 0.6 is 0 Å². The largest absolute Gasteiger partial charge is 1.00 e. The average molecular weight is 300 g/mol. The molecule has 0 radical (unpaired) electrons. The second kappa shape index (κ2) is 8.04. The quantitative estimate of drug-likeness (QED) is 0.222. The topological polar surface area (TPSA) is 156 Å². The standard InChI is InChI=1S/C6H8O9S.2Na/c7-1-2(8)4-3(9)5(6(10)14-4)15-16(11,12)13;;/h2,4,7-9H,1H2,(H,11,12,13);;/q;2*+1/p-2/t2?,4-;;/m1../s1. The molecule has 92 valence electrons. The Labute approximate surface area is 146 Å². The van der Waals surface area contributed by atoms with Crippen molar-refractivity contribution in [2.75, 3.05) is 6.61 Å². The minimum Gasteiger partial charge on any atom is -0.870 e. The summed E-state index contributed by atoms with van der Waals surface area (Å²) in [7, 11) is -5.28. The summed E-state index contributed by atoms with van der Waals surface area (Å²) in [5.74, 6) is -4.12. The Kier molecular flexibility index (Phi) is 9.36. The molecular formula is C6H6Na2O9S. The maximum absolute atomic E-state index is 11.2. The molecular weight excluding hydrogens is 294 g/mol. The van der Waals surface area contributed by atoms with Gasteiger partial charge in [0.05, 0.1) is 6.61 Å². The van der Waals surface area contributed by atoms with E-state index in [1.165, 1.54) is 0 Å². The third-order valence-electron chi connectivity index (χ3n) is 1.62. The molecule has 18 heavy (non-hydrogen) atoms. The molecule has 0 bridgehead atoms. The molecule has 0 aromatic heterocycles. The van der Waals surface area contributed by atoms with E-state index in [2.05, 4.69) is 8.92 Å². The maximum Gasteiger partial charge on any atom is 1.00 e. The van der Waals surface area contributed by atoms with Gasteiger partial charge in [0.2, 0.25) is 5.76 Å². The summed E-state index contributed by atoms with van der Waals surface area (Å²) in [5, 5.41) is 28.7. The smallest absolute Gasteiger partial charge is 0.870 e. The zero-order valence-electron chi connectivity index (χ0n) is 9.52. The molecule has 1 rings (SSSR count). The van der Waals surface area contributed by atoms with Crippen LogP contribution in [0.4, 0.5) is 0 Å². The van der Waals surface area contributed by atoms with E-state index in [-0.39, 0.29) is 59.1 Å². The number of esters is 1. The van der Waals surface area contributed by atoms with E-state index in [0.717, 1.165) is 0 Å². The van der Waals surface area contributed by atoms with Gasteiger partial charge in [-0.2, -0.15) is 0 Å². The number of aliphatic hydroxyl groups excluding tert-OH is 2. The molecule has 2 N–H and O–H groups in total. The first-order valence-electron chi connectivity index (χ1n) is 3.82. The van der Waals surface area contributed by atoms with Gasteiger partial charge in [0.25, 0.3) is 10.4 Å². The Hall–Kier alpha value is 0.640. The van der Waals surface area contributed by atoms with E-state index < -0.39 is 46.7 Å². The second-order valence-electron chi connectivity index (χ2n) is 2.76. The van der Waals surface area contributed by atoms with Gasteiger partial charge >= 0.3 is 65.1 Å². The Morgan fingerprint density at radius 2 is 1.94 bits per heavy atom. The fraction of sp³-hybridized carbons (Fsp3) is 0.500. The summed E-state index contributed by atoms with van der Waals surface area (Å²) in [4.78, 5) is 10.9. The van der Waals surface area contributed by atoms with Crippen molar-refractivity contribution >= 4 is 16.4 Å². The van der Waals surface area contributed by atoms with Crippen LogP contribution in [-0.4, -0.2) is 48.0 Å². The molecule has 0 saturated carbocycles. The second-order valence-corrected chi connectivity index (χ2v) is 3.74. The van der Waals surface area contributed by atoms with E-state index in [9.17, 15) is 22.9 Å². The predicted octanol–water partition coefficient (Wildman–Crippen LogP) is -9.68. The zero-order valence-corrected chi connectivity index (χ0v) is 14.3. The molecule has 12 heteroatoms.